The van der Waals surface area contributed by atoms with Crippen molar-refractivity contribution in [2.24, 2.45) is 0 Å². The molecule has 0 bridgehead atoms. The van der Waals surface area contributed by atoms with Crippen LogP contribution in [0.5, 0.6) is 0 Å². The molecule has 56 valence electrons. The van der Waals surface area contributed by atoms with Crippen LogP contribution >= 0.6 is 9.90 Å². The molecule has 0 radical (unpaired) electrons. The van der Waals surface area contributed by atoms with Crippen LogP contribution in [0.15, 0.2) is 0 Å². The van der Waals surface area contributed by atoms with E-state index in [-0.39, 0.29) is 27.7 Å². The second kappa shape index (κ2) is 3.12. The first-order chi connectivity index (χ1) is 4.18. The normalized spacial score (nSPS) is 8.40. The van der Waals surface area contributed by atoms with Crippen LogP contribution in [-0.2, 0) is 0 Å². The summed E-state index contributed by atoms with van der Waals surface area (Å²) in [5.41, 5.74) is 15.4. The number of nitrogens with zero attached hydrogens (tertiary/aromatic N) is 3. The number of hydrogen-bond donors (Lipinski definition) is 3. The van der Waals surface area contributed by atoms with Gasteiger partial charge in [-0.15, -0.1) is 0 Å². The van der Waals surface area contributed by atoms with E-state index in [1.165, 1.54) is 0 Å². The highest BCUT2D eigenvalue weighted by molar-refractivity contribution is 6.92. The van der Waals surface area contributed by atoms with Crippen molar-refractivity contribution in [1.29, 1.82) is 0 Å². The highest BCUT2D eigenvalue weighted by Crippen LogP contribution is 1.97. The van der Waals surface area contributed by atoms with Crippen molar-refractivity contribution in [3.63, 3.8) is 0 Å². The van der Waals surface area contributed by atoms with Crippen molar-refractivity contribution in [3.05, 3.63) is 0 Å². The molecule has 6 N–H and O–H groups in total. The minimum absolute atomic E-state index is 0. The Bertz CT molecular complexity index is 174. The van der Waals surface area contributed by atoms with Crippen LogP contribution < -0.4 is 17.2 Å². The van der Waals surface area contributed by atoms with Gasteiger partial charge in [0.05, 0.1) is 0 Å². The number of hydrogen-bond acceptors (Lipinski definition) is 6. The first-order valence-corrected chi connectivity index (χ1v) is 2.21. The van der Waals surface area contributed by atoms with E-state index in [0.29, 0.717) is 0 Å². The highest BCUT2D eigenvalue weighted by Gasteiger charge is 1.93. The Morgan fingerprint density at radius 3 is 1.10 bits per heavy atom. The molecule has 0 aliphatic rings. The maximum atomic E-state index is 5.14. The van der Waals surface area contributed by atoms with Gasteiger partial charge in [0.15, 0.2) is 0 Å². The van der Waals surface area contributed by atoms with Crippen molar-refractivity contribution in [1.82, 2.24) is 15.0 Å². The van der Waals surface area contributed by atoms with Gasteiger partial charge in [-0.3, -0.25) is 0 Å². The average molecular weight is 161 g/mol. The van der Waals surface area contributed by atoms with E-state index in [9.17, 15) is 0 Å². The summed E-state index contributed by atoms with van der Waals surface area (Å²) in [5, 5.41) is 0. The minimum atomic E-state index is 0. The Labute approximate surface area is 60.9 Å². The molecule has 0 aromatic carbocycles. The number of nitrogen functional groups attached to an aromatic ring is 3. The monoisotopic (exact) mass is 161 g/mol. The topological polar surface area (TPSA) is 117 Å². The third-order valence-electron chi connectivity index (χ3n) is 0.687. The first kappa shape index (κ1) is 8.84. The highest BCUT2D eigenvalue weighted by atomic mass is 31.0. The summed E-state index contributed by atoms with van der Waals surface area (Å²) >= 11 is 0. The van der Waals surface area contributed by atoms with Crippen LogP contribution in [0.1, 0.15) is 0 Å². The Hall–Kier alpha value is -1.16. The molecule has 10 heavy (non-hydrogen) atoms. The van der Waals surface area contributed by atoms with Crippen LogP contribution in [0.3, 0.4) is 0 Å². The van der Waals surface area contributed by atoms with Crippen LogP contribution in [0.25, 0.3) is 0 Å². The molecule has 1 atom stereocenters. The van der Waals surface area contributed by atoms with E-state index in [1.807, 2.05) is 0 Å². The van der Waals surface area contributed by atoms with Crippen molar-refractivity contribution in [2.75, 3.05) is 17.2 Å². The van der Waals surface area contributed by atoms with Gasteiger partial charge in [-0.1, -0.05) is 0 Å². The summed E-state index contributed by atoms with van der Waals surface area (Å²) in [6, 6.07) is 0. The number of aromatic nitrogens is 3. The summed E-state index contributed by atoms with van der Waals surface area (Å²) in [6.45, 7) is 0. The lowest BCUT2D eigenvalue weighted by atomic mass is 10.9. The average Bonchev–Trinajstić information content (AvgIpc) is 1.59. The molecular formula is C3H10N6P+. The molecule has 0 aliphatic heterocycles. The van der Waals surface area contributed by atoms with Gasteiger partial charge < -0.3 is 17.2 Å². The van der Waals surface area contributed by atoms with Crippen molar-refractivity contribution < 1.29 is 0 Å². The standard InChI is InChI=1S/C3H6N6.H3P/c4-1-7-2(5)9-3(6)8-1;/h(H6,4,5,6,7,8,9);1H3/p+1. The predicted molar refractivity (Wildman–Crippen MR) is 45.6 cm³/mol. The molecule has 0 saturated heterocycles. The molecule has 0 spiro atoms. The van der Waals surface area contributed by atoms with E-state index in [1.54, 1.807) is 0 Å². The lowest BCUT2D eigenvalue weighted by molar-refractivity contribution is 1.09. The maximum Gasteiger partial charge on any atom is 0.226 e. The fraction of sp³-hybridized carbons (Fsp3) is 0. The van der Waals surface area contributed by atoms with Gasteiger partial charge in [0.2, 0.25) is 17.8 Å². The summed E-state index contributed by atoms with van der Waals surface area (Å²) in [5.74, 6) is 0.125. The Morgan fingerprint density at radius 2 is 0.900 bits per heavy atom. The second-order valence-electron chi connectivity index (χ2n) is 1.41. The molecule has 0 aliphatic carbocycles. The zero-order chi connectivity index (χ0) is 6.85. The Balaban J connectivity index is 0.000000810. The Morgan fingerprint density at radius 1 is 0.700 bits per heavy atom. The van der Waals surface area contributed by atoms with Crippen LogP contribution in [0, 0.1) is 0 Å². The van der Waals surface area contributed by atoms with Crippen molar-refractivity contribution in [2.45, 2.75) is 0 Å². The van der Waals surface area contributed by atoms with Gasteiger partial charge in [0.25, 0.3) is 0 Å². The largest absolute Gasteiger partial charge is 0.368 e. The number of rotatable bonds is 0. The van der Waals surface area contributed by atoms with Crippen molar-refractivity contribution in [3.8, 4) is 0 Å². The van der Waals surface area contributed by atoms with E-state index >= 15 is 0 Å². The lowest BCUT2D eigenvalue weighted by Crippen LogP contribution is -2.05. The quantitative estimate of drug-likeness (QED) is 0.395. The van der Waals surface area contributed by atoms with Gasteiger partial charge in [-0.2, -0.15) is 15.0 Å². The minimum Gasteiger partial charge on any atom is -0.368 e. The van der Waals surface area contributed by atoms with Crippen molar-refractivity contribution >= 4 is 27.7 Å². The molecule has 0 amide bonds. The summed E-state index contributed by atoms with van der Waals surface area (Å²) in [7, 11) is 0. The molecule has 6 nitrogen and oxygen atoms in total. The zero-order valence-electron chi connectivity index (χ0n) is 5.57. The molecule has 1 aromatic heterocycles. The molecule has 0 fully saturated rings. The second-order valence-corrected chi connectivity index (χ2v) is 1.41. The van der Waals surface area contributed by atoms with Crippen LogP contribution in [0.2, 0.25) is 0 Å². The number of nitrogens with two attached hydrogens (primary N) is 3. The first-order valence-electron chi connectivity index (χ1n) is 2.21. The maximum absolute atomic E-state index is 5.14. The number of anilines is 3. The summed E-state index contributed by atoms with van der Waals surface area (Å²) in [6.07, 6.45) is 0. The molecule has 1 unspecified atom stereocenters. The molecule has 7 heteroatoms. The predicted octanol–water partition coefficient (Wildman–Crippen LogP) is -1.59. The molecular weight excluding hydrogens is 151 g/mol. The molecule has 1 aromatic rings. The van der Waals surface area contributed by atoms with Gasteiger partial charge in [-0.05, 0) is 9.90 Å². The molecule has 1 rings (SSSR count). The van der Waals surface area contributed by atoms with E-state index in [4.69, 9.17) is 17.2 Å². The fourth-order valence-corrected chi connectivity index (χ4v) is 0.427. The van der Waals surface area contributed by atoms with Gasteiger partial charge >= 0.3 is 0 Å². The third kappa shape index (κ3) is 1.99. The Kier molecular flexibility index (Phi) is 2.76. The fourth-order valence-electron chi connectivity index (χ4n) is 0.427. The van der Waals surface area contributed by atoms with Gasteiger partial charge in [0.1, 0.15) is 0 Å². The van der Waals surface area contributed by atoms with E-state index < -0.39 is 0 Å². The SMILES string of the molecule is Nc1nc(N)nc(N)n1.[PH4+]. The van der Waals surface area contributed by atoms with Crippen LogP contribution in [-0.4, -0.2) is 15.0 Å². The van der Waals surface area contributed by atoms with E-state index in [0.717, 1.165) is 0 Å². The van der Waals surface area contributed by atoms with Crippen LogP contribution in [0.4, 0.5) is 17.8 Å². The molecule has 0 saturated carbocycles. The zero-order valence-corrected chi connectivity index (χ0v) is 7.57. The van der Waals surface area contributed by atoms with Gasteiger partial charge in [-0.25, -0.2) is 0 Å². The van der Waals surface area contributed by atoms with E-state index in [2.05, 4.69) is 15.0 Å². The van der Waals surface area contributed by atoms with Gasteiger partial charge in [0, 0.05) is 0 Å². The molecule has 1 heterocycles. The lowest BCUT2D eigenvalue weighted by Gasteiger charge is -1.93. The summed E-state index contributed by atoms with van der Waals surface area (Å²) < 4.78 is 0. The summed E-state index contributed by atoms with van der Waals surface area (Å²) in [4.78, 5) is 10.5. The smallest absolute Gasteiger partial charge is 0.226 e. The third-order valence-corrected chi connectivity index (χ3v) is 0.687.